The number of hydrogen-bond donors (Lipinski definition) is 1. The van der Waals surface area contributed by atoms with Crippen LogP contribution in [0.1, 0.15) is 24.0 Å². The molecule has 0 atom stereocenters. The number of hydrogen-bond acceptors (Lipinski definition) is 4. The average molecular weight is 332 g/mol. The summed E-state index contributed by atoms with van der Waals surface area (Å²) in [5, 5.41) is 10.9. The summed E-state index contributed by atoms with van der Waals surface area (Å²) in [5.41, 5.74) is 4.07. The normalized spacial score (nSPS) is 14.5. The molecular formula is C18H21O4P. The Balaban J connectivity index is 2.29. The van der Waals surface area contributed by atoms with Crippen molar-refractivity contribution in [3.05, 3.63) is 47.5 Å². The largest absolute Gasteiger partial charge is 0.507 e. The minimum atomic E-state index is -3.51. The molecule has 0 bridgehead atoms. The second kappa shape index (κ2) is 6.48. The van der Waals surface area contributed by atoms with E-state index in [4.69, 9.17) is 9.05 Å². The van der Waals surface area contributed by atoms with Crippen LogP contribution in [-0.2, 0) is 26.5 Å². The second-order valence-corrected chi connectivity index (χ2v) is 7.89. The Hall–Kier alpha value is -1.61. The van der Waals surface area contributed by atoms with Gasteiger partial charge >= 0.3 is 7.60 Å². The molecule has 5 heteroatoms. The summed E-state index contributed by atoms with van der Waals surface area (Å²) in [6.45, 7) is 0. The number of phenolic OH excluding ortho intramolecular Hbond substituents is 1. The molecule has 122 valence electrons. The summed E-state index contributed by atoms with van der Waals surface area (Å²) in [4.78, 5) is 0. The van der Waals surface area contributed by atoms with Crippen LogP contribution in [0.15, 0.2) is 36.4 Å². The minimum Gasteiger partial charge on any atom is -0.507 e. The van der Waals surface area contributed by atoms with Gasteiger partial charge in [-0.2, -0.15) is 0 Å². The molecule has 0 radical (unpaired) electrons. The van der Waals surface area contributed by atoms with Gasteiger partial charge in [-0.1, -0.05) is 30.3 Å². The Morgan fingerprint density at radius 1 is 1.00 bits per heavy atom. The quantitative estimate of drug-likeness (QED) is 0.858. The maximum Gasteiger partial charge on any atom is 0.364 e. The van der Waals surface area contributed by atoms with Crippen LogP contribution in [0.3, 0.4) is 0 Å². The van der Waals surface area contributed by atoms with Crippen LogP contribution in [0.5, 0.6) is 5.75 Å². The smallest absolute Gasteiger partial charge is 0.364 e. The Kier molecular flexibility index (Phi) is 4.58. The van der Waals surface area contributed by atoms with Crippen molar-refractivity contribution in [2.75, 3.05) is 14.2 Å². The molecule has 0 heterocycles. The highest BCUT2D eigenvalue weighted by Crippen LogP contribution is 2.50. The van der Waals surface area contributed by atoms with Crippen LogP contribution in [0.2, 0.25) is 0 Å². The van der Waals surface area contributed by atoms with E-state index in [1.807, 2.05) is 30.3 Å². The highest BCUT2D eigenvalue weighted by atomic mass is 31.2. The van der Waals surface area contributed by atoms with Crippen LogP contribution in [-0.4, -0.2) is 19.3 Å². The van der Waals surface area contributed by atoms with Crippen molar-refractivity contribution in [1.82, 2.24) is 0 Å². The predicted octanol–water partition coefficient (Wildman–Crippen LogP) is 4.05. The molecule has 2 aromatic rings. The van der Waals surface area contributed by atoms with Gasteiger partial charge < -0.3 is 14.2 Å². The molecule has 0 amide bonds. The molecule has 0 spiro atoms. The van der Waals surface area contributed by atoms with Crippen LogP contribution in [0, 0.1) is 0 Å². The van der Waals surface area contributed by atoms with E-state index in [1.54, 1.807) is 6.07 Å². The standard InChI is InChI=1S/C18H21O4P/c1-21-23(20,22-2)17-12-16(13-8-4-3-5-9-13)14-10-6-7-11-15(14)18(17)19/h3-5,8-9,12,19H,6-7,10-11H2,1-2H3. The predicted molar refractivity (Wildman–Crippen MR) is 91.4 cm³/mol. The molecule has 0 fully saturated rings. The van der Waals surface area contributed by atoms with Gasteiger partial charge in [-0.3, -0.25) is 4.57 Å². The number of rotatable bonds is 4. The van der Waals surface area contributed by atoms with Crippen molar-refractivity contribution in [2.24, 2.45) is 0 Å². The fraction of sp³-hybridized carbons (Fsp3) is 0.333. The van der Waals surface area contributed by atoms with Gasteiger partial charge in [0.05, 0.1) is 0 Å². The monoisotopic (exact) mass is 332 g/mol. The molecule has 2 aromatic carbocycles. The van der Waals surface area contributed by atoms with Crippen LogP contribution >= 0.6 is 7.60 Å². The lowest BCUT2D eigenvalue weighted by Crippen LogP contribution is -2.15. The van der Waals surface area contributed by atoms with Gasteiger partial charge in [0.2, 0.25) is 0 Å². The number of benzene rings is 2. The van der Waals surface area contributed by atoms with Crippen molar-refractivity contribution in [3.8, 4) is 16.9 Å². The lowest BCUT2D eigenvalue weighted by atomic mass is 9.85. The Morgan fingerprint density at radius 3 is 2.22 bits per heavy atom. The first-order valence-electron chi connectivity index (χ1n) is 7.76. The maximum absolute atomic E-state index is 12.8. The van der Waals surface area contributed by atoms with Crippen LogP contribution in [0.4, 0.5) is 0 Å². The van der Waals surface area contributed by atoms with Crippen molar-refractivity contribution >= 4 is 12.9 Å². The Bertz CT molecular complexity index is 747. The van der Waals surface area contributed by atoms with Crippen molar-refractivity contribution in [3.63, 3.8) is 0 Å². The van der Waals surface area contributed by atoms with Gasteiger partial charge in [-0.05, 0) is 54.0 Å². The zero-order valence-electron chi connectivity index (χ0n) is 13.4. The van der Waals surface area contributed by atoms with E-state index < -0.39 is 7.60 Å². The summed E-state index contributed by atoms with van der Waals surface area (Å²) in [7, 11) is -0.838. The fourth-order valence-electron chi connectivity index (χ4n) is 3.27. The highest BCUT2D eigenvalue weighted by Gasteiger charge is 2.32. The van der Waals surface area contributed by atoms with Crippen molar-refractivity contribution in [2.45, 2.75) is 25.7 Å². The topological polar surface area (TPSA) is 55.8 Å². The summed E-state index contributed by atoms with van der Waals surface area (Å²) in [6.07, 6.45) is 3.81. The summed E-state index contributed by atoms with van der Waals surface area (Å²) in [5.74, 6) is 0.0615. The highest BCUT2D eigenvalue weighted by molar-refractivity contribution is 7.62. The molecule has 0 saturated heterocycles. The fourth-order valence-corrected chi connectivity index (χ4v) is 4.49. The zero-order valence-corrected chi connectivity index (χ0v) is 14.3. The summed E-state index contributed by atoms with van der Waals surface area (Å²) in [6, 6.07) is 11.7. The first-order chi connectivity index (χ1) is 11.1. The maximum atomic E-state index is 12.8. The molecule has 4 nitrogen and oxygen atoms in total. The molecule has 0 aliphatic heterocycles. The molecule has 1 N–H and O–H groups in total. The van der Waals surface area contributed by atoms with E-state index in [1.165, 1.54) is 14.2 Å². The van der Waals surface area contributed by atoms with Gasteiger partial charge in [0.1, 0.15) is 11.1 Å². The van der Waals surface area contributed by atoms with Gasteiger partial charge in [0, 0.05) is 14.2 Å². The van der Waals surface area contributed by atoms with Crippen molar-refractivity contribution < 1.29 is 18.7 Å². The van der Waals surface area contributed by atoms with E-state index in [9.17, 15) is 9.67 Å². The molecule has 0 unspecified atom stereocenters. The van der Waals surface area contributed by atoms with Crippen molar-refractivity contribution in [1.29, 1.82) is 0 Å². The first-order valence-corrected chi connectivity index (χ1v) is 9.30. The Labute approximate surface area is 136 Å². The van der Waals surface area contributed by atoms with Crippen LogP contribution < -0.4 is 5.30 Å². The van der Waals surface area contributed by atoms with E-state index >= 15 is 0 Å². The lowest BCUT2D eigenvalue weighted by Gasteiger charge is -2.25. The third-order valence-corrected chi connectivity index (χ3v) is 6.36. The zero-order chi connectivity index (χ0) is 16.4. The molecule has 1 aliphatic carbocycles. The first kappa shape index (κ1) is 16.3. The second-order valence-electron chi connectivity index (χ2n) is 5.68. The number of aromatic hydroxyl groups is 1. The third kappa shape index (κ3) is 2.83. The van der Waals surface area contributed by atoms with Crippen LogP contribution in [0.25, 0.3) is 11.1 Å². The van der Waals surface area contributed by atoms with Gasteiger partial charge in [0.15, 0.2) is 0 Å². The summed E-state index contributed by atoms with van der Waals surface area (Å²) >= 11 is 0. The number of phenols is 1. The molecule has 1 aliphatic rings. The average Bonchev–Trinajstić information content (AvgIpc) is 2.62. The molecule has 0 saturated carbocycles. The van der Waals surface area contributed by atoms with E-state index in [2.05, 4.69) is 0 Å². The Morgan fingerprint density at radius 2 is 1.61 bits per heavy atom. The van der Waals surface area contributed by atoms with E-state index in [0.29, 0.717) is 0 Å². The summed E-state index contributed by atoms with van der Waals surface area (Å²) < 4.78 is 23.1. The molecular weight excluding hydrogens is 311 g/mol. The SMILES string of the molecule is COP(=O)(OC)c1cc(-c2ccccc2)c2c(c1O)CCCC2. The minimum absolute atomic E-state index is 0.0615. The van der Waals surface area contributed by atoms with Gasteiger partial charge in [-0.25, -0.2) is 0 Å². The van der Waals surface area contributed by atoms with Gasteiger partial charge in [0.25, 0.3) is 0 Å². The third-order valence-electron chi connectivity index (χ3n) is 4.46. The number of fused-ring (bicyclic) bond motifs is 1. The van der Waals surface area contributed by atoms with E-state index in [0.717, 1.165) is 47.9 Å². The van der Waals surface area contributed by atoms with E-state index in [-0.39, 0.29) is 11.1 Å². The molecule has 23 heavy (non-hydrogen) atoms. The molecule has 0 aromatic heterocycles. The molecule has 3 rings (SSSR count). The van der Waals surface area contributed by atoms with Gasteiger partial charge in [-0.15, -0.1) is 0 Å². The lowest BCUT2D eigenvalue weighted by molar-refractivity contribution is 0.286.